The van der Waals surface area contributed by atoms with Gasteiger partial charge in [-0.3, -0.25) is 9.48 Å². The molecule has 2 N–H and O–H groups in total. The van der Waals surface area contributed by atoms with E-state index in [0.717, 1.165) is 16.9 Å². The number of hydrogen-bond acceptors (Lipinski definition) is 4. The molecule has 0 aliphatic heterocycles. The Balaban J connectivity index is 2.20. The van der Waals surface area contributed by atoms with Crippen molar-refractivity contribution < 1.29 is 5.11 Å². The largest absolute Gasteiger partial charge is 0.388 e. The van der Waals surface area contributed by atoms with Crippen molar-refractivity contribution in [3.63, 3.8) is 0 Å². The highest BCUT2D eigenvalue weighted by molar-refractivity contribution is 7.98. The van der Waals surface area contributed by atoms with Crippen molar-refractivity contribution in [2.24, 2.45) is 7.05 Å². The molecule has 1 unspecified atom stereocenters. The van der Waals surface area contributed by atoms with Crippen LogP contribution in [0, 0.1) is 6.92 Å². The molecule has 2 aromatic rings. The molecule has 0 aliphatic carbocycles. The van der Waals surface area contributed by atoms with Crippen LogP contribution in [0.15, 0.2) is 35.1 Å². The molecule has 0 bridgehead atoms. The average molecular weight is 335 g/mol. The van der Waals surface area contributed by atoms with Gasteiger partial charge in [-0.25, -0.2) is 4.68 Å². The predicted molar refractivity (Wildman–Crippen MR) is 96.5 cm³/mol. The Morgan fingerprint density at radius 1 is 1.30 bits per heavy atom. The first-order chi connectivity index (χ1) is 10.9. The number of thioether (sulfide) groups is 1. The Labute approximate surface area is 141 Å². The van der Waals surface area contributed by atoms with Crippen molar-refractivity contribution in [1.29, 1.82) is 0 Å². The summed E-state index contributed by atoms with van der Waals surface area (Å²) in [6.07, 6.45) is 1.97. The van der Waals surface area contributed by atoms with Crippen LogP contribution in [0.25, 0.3) is 5.69 Å². The minimum atomic E-state index is -0.777. The molecule has 0 radical (unpaired) electrons. The molecule has 5 nitrogen and oxygen atoms in total. The van der Waals surface area contributed by atoms with E-state index in [2.05, 4.69) is 5.32 Å². The van der Waals surface area contributed by atoms with Gasteiger partial charge in [0, 0.05) is 31.6 Å². The summed E-state index contributed by atoms with van der Waals surface area (Å²) in [5.41, 5.74) is 1.71. The van der Waals surface area contributed by atoms with Crippen molar-refractivity contribution in [2.45, 2.75) is 26.0 Å². The van der Waals surface area contributed by atoms with Crippen molar-refractivity contribution in [1.82, 2.24) is 14.7 Å². The van der Waals surface area contributed by atoms with Crippen molar-refractivity contribution in [2.75, 3.05) is 18.6 Å². The molecule has 0 saturated heterocycles. The second kappa shape index (κ2) is 7.38. The van der Waals surface area contributed by atoms with E-state index in [9.17, 15) is 9.90 Å². The summed E-state index contributed by atoms with van der Waals surface area (Å²) >= 11 is 1.61. The predicted octanol–water partition coefficient (Wildman–Crippen LogP) is 1.69. The monoisotopic (exact) mass is 335 g/mol. The molecule has 0 fully saturated rings. The van der Waals surface area contributed by atoms with Gasteiger partial charge in [0.05, 0.1) is 16.9 Å². The number of benzene rings is 1. The zero-order chi connectivity index (χ0) is 17.0. The second-order valence-corrected chi connectivity index (χ2v) is 6.94. The van der Waals surface area contributed by atoms with Crippen molar-refractivity contribution in [3.8, 4) is 5.69 Å². The first kappa shape index (κ1) is 17.8. The van der Waals surface area contributed by atoms with Crippen molar-refractivity contribution >= 4 is 11.8 Å². The van der Waals surface area contributed by atoms with Gasteiger partial charge in [0.1, 0.15) is 0 Å². The van der Waals surface area contributed by atoms with Gasteiger partial charge in [-0.1, -0.05) is 18.2 Å². The number of rotatable bonds is 7. The third-order valence-electron chi connectivity index (χ3n) is 3.94. The lowest BCUT2D eigenvalue weighted by Gasteiger charge is -2.22. The van der Waals surface area contributed by atoms with Crippen LogP contribution in [0.1, 0.15) is 18.2 Å². The zero-order valence-electron chi connectivity index (χ0n) is 14.2. The van der Waals surface area contributed by atoms with E-state index in [0.29, 0.717) is 18.8 Å². The molecule has 1 atom stereocenters. The van der Waals surface area contributed by atoms with E-state index in [1.807, 2.05) is 55.2 Å². The maximum Gasteiger partial charge on any atom is 0.276 e. The molecule has 126 valence electrons. The fraction of sp³-hybridized carbons (Fsp3) is 0.471. The van der Waals surface area contributed by atoms with Crippen molar-refractivity contribution in [3.05, 3.63) is 51.9 Å². The van der Waals surface area contributed by atoms with Crippen LogP contribution in [0.3, 0.4) is 0 Å². The van der Waals surface area contributed by atoms with Crippen LogP contribution >= 0.6 is 11.8 Å². The van der Waals surface area contributed by atoms with Gasteiger partial charge in [0.2, 0.25) is 0 Å². The van der Waals surface area contributed by atoms with Crippen LogP contribution in [0.4, 0.5) is 0 Å². The van der Waals surface area contributed by atoms with Gasteiger partial charge in [-0.05, 0) is 32.2 Å². The smallest absolute Gasteiger partial charge is 0.276 e. The highest BCUT2D eigenvalue weighted by Gasteiger charge is 2.20. The molecule has 1 aromatic carbocycles. The Morgan fingerprint density at radius 3 is 2.57 bits per heavy atom. The summed E-state index contributed by atoms with van der Waals surface area (Å²) in [6, 6.07) is 9.60. The molecule has 0 saturated carbocycles. The fourth-order valence-corrected chi connectivity index (χ4v) is 3.37. The van der Waals surface area contributed by atoms with Gasteiger partial charge in [-0.2, -0.15) is 11.8 Å². The van der Waals surface area contributed by atoms with Gasteiger partial charge in [0.15, 0.2) is 0 Å². The summed E-state index contributed by atoms with van der Waals surface area (Å²) in [6.45, 7) is 4.64. The Hall–Kier alpha value is -1.50. The normalized spacial score (nSPS) is 14.0. The van der Waals surface area contributed by atoms with E-state index in [-0.39, 0.29) is 5.56 Å². The number of hydrogen-bond donors (Lipinski definition) is 2. The number of aliphatic hydroxyl groups is 1. The molecule has 0 aliphatic rings. The minimum Gasteiger partial charge on any atom is -0.388 e. The zero-order valence-corrected chi connectivity index (χ0v) is 15.0. The molecular weight excluding hydrogens is 310 g/mol. The lowest BCUT2D eigenvalue weighted by molar-refractivity contribution is 0.0845. The van der Waals surface area contributed by atoms with Gasteiger partial charge in [0.25, 0.3) is 5.56 Å². The summed E-state index contributed by atoms with van der Waals surface area (Å²) < 4.78 is 3.54. The van der Waals surface area contributed by atoms with Crippen LogP contribution in [-0.2, 0) is 13.6 Å². The first-order valence-corrected chi connectivity index (χ1v) is 9.01. The third-order valence-corrected chi connectivity index (χ3v) is 4.85. The lowest BCUT2D eigenvalue weighted by atomic mass is 10.1. The number of aromatic nitrogens is 2. The van der Waals surface area contributed by atoms with E-state index < -0.39 is 5.60 Å². The molecule has 1 heterocycles. The van der Waals surface area contributed by atoms with E-state index in [1.54, 1.807) is 23.4 Å². The number of nitrogens with one attached hydrogen (secondary N) is 1. The van der Waals surface area contributed by atoms with Gasteiger partial charge >= 0.3 is 0 Å². The molecule has 1 aromatic heterocycles. The lowest BCUT2D eigenvalue weighted by Crippen LogP contribution is -2.40. The number of para-hydroxylation sites is 1. The van der Waals surface area contributed by atoms with E-state index >= 15 is 0 Å². The third kappa shape index (κ3) is 4.07. The van der Waals surface area contributed by atoms with Crippen LogP contribution in [0.5, 0.6) is 0 Å². The van der Waals surface area contributed by atoms with Gasteiger partial charge in [-0.15, -0.1) is 0 Å². The second-order valence-electron chi connectivity index (χ2n) is 6.07. The van der Waals surface area contributed by atoms with Crippen LogP contribution in [0.2, 0.25) is 0 Å². The topological polar surface area (TPSA) is 59.2 Å². The maximum atomic E-state index is 12.7. The summed E-state index contributed by atoms with van der Waals surface area (Å²) in [4.78, 5) is 12.7. The van der Waals surface area contributed by atoms with Crippen LogP contribution < -0.4 is 10.9 Å². The molecule has 0 spiro atoms. The Kier molecular flexibility index (Phi) is 5.73. The number of nitrogens with zero attached hydrogens (tertiary/aromatic N) is 2. The van der Waals surface area contributed by atoms with E-state index in [4.69, 9.17) is 0 Å². The first-order valence-electron chi connectivity index (χ1n) is 7.62. The van der Waals surface area contributed by atoms with E-state index in [1.165, 1.54) is 0 Å². The average Bonchev–Trinajstić information content (AvgIpc) is 2.71. The van der Waals surface area contributed by atoms with Gasteiger partial charge < -0.3 is 10.4 Å². The maximum absolute atomic E-state index is 12.7. The molecule has 23 heavy (non-hydrogen) atoms. The molecular formula is C17H25N3O2S. The molecule has 2 rings (SSSR count). The highest BCUT2D eigenvalue weighted by Crippen LogP contribution is 2.12. The quantitative estimate of drug-likeness (QED) is 0.808. The highest BCUT2D eigenvalue weighted by atomic mass is 32.2. The standard InChI is InChI=1S/C17H25N3O2S/c1-13-15(10-18-11-17(2,22)12-23-4)16(21)20(19(13)3)14-8-6-5-7-9-14/h5-9,18,22H,10-12H2,1-4H3. The summed E-state index contributed by atoms with van der Waals surface area (Å²) in [7, 11) is 1.89. The minimum absolute atomic E-state index is 0.0202. The fourth-order valence-electron chi connectivity index (χ4n) is 2.65. The summed E-state index contributed by atoms with van der Waals surface area (Å²) in [5.74, 6) is 0.655. The summed E-state index contributed by atoms with van der Waals surface area (Å²) in [5, 5.41) is 13.4. The molecule has 6 heteroatoms. The Morgan fingerprint density at radius 2 is 1.96 bits per heavy atom. The Bertz CT molecular complexity index is 705. The van der Waals surface area contributed by atoms with Crippen LogP contribution in [-0.4, -0.2) is 38.6 Å². The SMILES string of the molecule is CSCC(C)(O)CNCc1c(C)n(C)n(-c2ccccc2)c1=O. The molecule has 0 amide bonds.